The maximum atomic E-state index is 12.1. The Morgan fingerprint density at radius 1 is 1.33 bits per heavy atom. The molecule has 0 amide bonds. The van der Waals surface area contributed by atoms with Crippen LogP contribution in [-0.4, -0.2) is 18.2 Å². The van der Waals surface area contributed by atoms with Gasteiger partial charge in [-0.25, -0.2) is 0 Å². The molecule has 5 heteroatoms. The van der Waals surface area contributed by atoms with Crippen LogP contribution >= 0.6 is 11.3 Å². The van der Waals surface area contributed by atoms with Gasteiger partial charge < -0.3 is 15.2 Å². The van der Waals surface area contributed by atoms with Gasteiger partial charge in [0.15, 0.2) is 0 Å². The minimum Gasteiger partial charge on any atom is -0.506 e. The molecule has 4 nitrogen and oxygen atoms in total. The van der Waals surface area contributed by atoms with E-state index in [0.717, 1.165) is 5.56 Å². The number of nitrogens with one attached hydrogen (secondary N) is 1. The molecule has 0 saturated carbocycles. The third kappa shape index (κ3) is 3.19. The van der Waals surface area contributed by atoms with Crippen LogP contribution in [0.2, 0.25) is 0 Å². The summed E-state index contributed by atoms with van der Waals surface area (Å²) in [4.78, 5) is 12.1. The topological polar surface area (TPSA) is 58.6 Å². The second kappa shape index (κ2) is 6.18. The Labute approximate surface area is 128 Å². The molecule has 21 heavy (non-hydrogen) atoms. The molecule has 0 aliphatic carbocycles. The minimum absolute atomic E-state index is 0.151. The normalized spacial score (nSPS) is 12.7. The van der Waals surface area contributed by atoms with Crippen LogP contribution in [0.25, 0.3) is 0 Å². The number of anilines is 1. The minimum atomic E-state index is -0.780. The summed E-state index contributed by atoms with van der Waals surface area (Å²) < 4.78 is 4.92. The highest BCUT2D eigenvalue weighted by Gasteiger charge is 2.39. The third-order valence-corrected chi connectivity index (χ3v) is 4.22. The zero-order valence-electron chi connectivity index (χ0n) is 12.3. The van der Waals surface area contributed by atoms with Gasteiger partial charge in [0.2, 0.25) is 0 Å². The summed E-state index contributed by atoms with van der Waals surface area (Å²) in [5.74, 6) is -0.153. The average Bonchev–Trinajstić information content (AvgIpc) is 2.99. The highest BCUT2D eigenvalue weighted by molar-refractivity contribution is 7.08. The predicted octanol–water partition coefficient (Wildman–Crippen LogP) is 3.81. The Kier molecular flexibility index (Phi) is 4.53. The summed E-state index contributed by atoms with van der Waals surface area (Å²) in [7, 11) is 1.38. The lowest BCUT2D eigenvalue weighted by Crippen LogP contribution is -2.36. The molecule has 2 rings (SSSR count). The molecule has 2 N–H and O–H groups in total. The summed E-state index contributed by atoms with van der Waals surface area (Å²) in [6.45, 7) is 3.66. The number of rotatable bonds is 5. The maximum Gasteiger partial charge on any atom is 0.313 e. The van der Waals surface area contributed by atoms with Gasteiger partial charge in [0, 0.05) is 0 Å². The van der Waals surface area contributed by atoms with E-state index < -0.39 is 5.41 Å². The first kappa shape index (κ1) is 15.4. The summed E-state index contributed by atoms with van der Waals surface area (Å²) in [6, 6.07) is 8.64. The second-order valence-electron chi connectivity index (χ2n) is 5.36. The SMILES string of the molecule is COC(=O)C(C)(C)[C@@H](Nc1ccccc1O)c1ccsc1. The van der Waals surface area contributed by atoms with E-state index in [1.54, 1.807) is 29.5 Å². The summed E-state index contributed by atoms with van der Waals surface area (Å²) in [5, 5.41) is 17.2. The van der Waals surface area contributed by atoms with Crippen LogP contribution in [-0.2, 0) is 9.53 Å². The van der Waals surface area contributed by atoms with Crippen molar-refractivity contribution in [3.05, 3.63) is 46.7 Å². The van der Waals surface area contributed by atoms with Crippen molar-refractivity contribution in [3.63, 3.8) is 0 Å². The molecular weight excluding hydrogens is 286 g/mol. The summed E-state index contributed by atoms with van der Waals surface area (Å²) >= 11 is 1.56. The number of phenolic OH excluding ortho intramolecular Hbond substituents is 1. The zero-order valence-corrected chi connectivity index (χ0v) is 13.1. The lowest BCUT2D eigenvalue weighted by Gasteiger charge is -2.33. The van der Waals surface area contributed by atoms with Crippen LogP contribution in [0.5, 0.6) is 5.75 Å². The Morgan fingerprint density at radius 2 is 2.05 bits per heavy atom. The van der Waals surface area contributed by atoms with E-state index in [9.17, 15) is 9.90 Å². The quantitative estimate of drug-likeness (QED) is 0.651. The van der Waals surface area contributed by atoms with Gasteiger partial charge in [-0.15, -0.1) is 0 Å². The Balaban J connectivity index is 2.39. The van der Waals surface area contributed by atoms with Gasteiger partial charge in [0.25, 0.3) is 0 Å². The molecule has 1 atom stereocenters. The van der Waals surface area contributed by atoms with Crippen molar-refractivity contribution < 1.29 is 14.6 Å². The first-order chi connectivity index (χ1) is 9.96. The molecular formula is C16H19NO3S. The maximum absolute atomic E-state index is 12.1. The molecule has 1 heterocycles. The monoisotopic (exact) mass is 305 g/mol. The van der Waals surface area contributed by atoms with Crippen molar-refractivity contribution in [2.75, 3.05) is 12.4 Å². The van der Waals surface area contributed by atoms with Crippen molar-refractivity contribution in [1.82, 2.24) is 0 Å². The molecule has 2 aromatic rings. The van der Waals surface area contributed by atoms with E-state index >= 15 is 0 Å². The van der Waals surface area contributed by atoms with Crippen molar-refractivity contribution in [3.8, 4) is 5.75 Å². The largest absolute Gasteiger partial charge is 0.506 e. The van der Waals surface area contributed by atoms with Crippen molar-refractivity contribution in [2.45, 2.75) is 19.9 Å². The number of methoxy groups -OCH3 is 1. The first-order valence-electron chi connectivity index (χ1n) is 6.62. The van der Waals surface area contributed by atoms with Gasteiger partial charge in [0.05, 0.1) is 24.3 Å². The average molecular weight is 305 g/mol. The number of hydrogen-bond donors (Lipinski definition) is 2. The van der Waals surface area contributed by atoms with E-state index in [-0.39, 0.29) is 17.8 Å². The number of phenols is 1. The van der Waals surface area contributed by atoms with Crippen LogP contribution in [0.3, 0.4) is 0 Å². The fourth-order valence-corrected chi connectivity index (χ4v) is 2.94. The van der Waals surface area contributed by atoms with Crippen LogP contribution in [0.4, 0.5) is 5.69 Å². The Hall–Kier alpha value is -2.01. The molecule has 1 aromatic carbocycles. The van der Waals surface area contributed by atoms with Gasteiger partial charge in [-0.05, 0) is 48.4 Å². The van der Waals surface area contributed by atoms with Crippen molar-refractivity contribution >= 4 is 23.0 Å². The van der Waals surface area contributed by atoms with Gasteiger partial charge in [-0.1, -0.05) is 12.1 Å². The third-order valence-electron chi connectivity index (χ3n) is 3.51. The van der Waals surface area contributed by atoms with Crippen molar-refractivity contribution in [1.29, 1.82) is 0 Å². The number of aromatic hydroxyl groups is 1. The molecule has 0 saturated heterocycles. The zero-order chi connectivity index (χ0) is 15.5. The molecule has 0 fully saturated rings. The first-order valence-corrected chi connectivity index (χ1v) is 7.56. The smallest absolute Gasteiger partial charge is 0.313 e. The Bertz CT molecular complexity index is 608. The molecule has 0 aliphatic rings. The molecule has 0 unspecified atom stereocenters. The van der Waals surface area contributed by atoms with Crippen LogP contribution in [0.15, 0.2) is 41.1 Å². The number of carbonyl (C=O) groups is 1. The Morgan fingerprint density at radius 3 is 2.62 bits per heavy atom. The lowest BCUT2D eigenvalue weighted by atomic mass is 9.81. The fraction of sp³-hybridized carbons (Fsp3) is 0.312. The van der Waals surface area contributed by atoms with Crippen LogP contribution in [0.1, 0.15) is 25.5 Å². The molecule has 0 radical (unpaired) electrons. The van der Waals surface area contributed by atoms with E-state index in [2.05, 4.69) is 5.32 Å². The van der Waals surface area contributed by atoms with Crippen LogP contribution in [0, 0.1) is 5.41 Å². The molecule has 0 spiro atoms. The standard InChI is InChI=1S/C16H19NO3S/c1-16(2,15(19)20-3)14(11-8-9-21-10-11)17-12-6-4-5-7-13(12)18/h4-10,14,17-18H,1-3H3/t14-/m0/s1. The second-order valence-corrected chi connectivity index (χ2v) is 6.14. The number of carbonyl (C=O) groups excluding carboxylic acids is 1. The molecule has 0 aliphatic heterocycles. The fourth-order valence-electron chi connectivity index (χ4n) is 2.25. The summed E-state index contributed by atoms with van der Waals surface area (Å²) in [5.41, 5.74) is 0.794. The molecule has 0 bridgehead atoms. The number of para-hydroxylation sites is 2. The predicted molar refractivity (Wildman–Crippen MR) is 84.6 cm³/mol. The van der Waals surface area contributed by atoms with Gasteiger partial charge in [-0.2, -0.15) is 11.3 Å². The number of ether oxygens (including phenoxy) is 1. The number of benzene rings is 1. The van der Waals surface area contributed by atoms with Crippen molar-refractivity contribution in [2.24, 2.45) is 5.41 Å². The van der Waals surface area contributed by atoms with Gasteiger partial charge in [-0.3, -0.25) is 4.79 Å². The number of hydrogen-bond acceptors (Lipinski definition) is 5. The molecule has 1 aromatic heterocycles. The molecule has 112 valence electrons. The number of esters is 1. The van der Waals surface area contributed by atoms with E-state index in [1.165, 1.54) is 7.11 Å². The highest BCUT2D eigenvalue weighted by atomic mass is 32.1. The summed E-state index contributed by atoms with van der Waals surface area (Å²) in [6.07, 6.45) is 0. The van der Waals surface area contributed by atoms with E-state index in [0.29, 0.717) is 5.69 Å². The van der Waals surface area contributed by atoms with Gasteiger partial charge in [0.1, 0.15) is 5.75 Å². The lowest BCUT2D eigenvalue weighted by molar-refractivity contribution is -0.151. The van der Waals surface area contributed by atoms with Crippen LogP contribution < -0.4 is 5.32 Å². The van der Waals surface area contributed by atoms with E-state index in [4.69, 9.17) is 4.74 Å². The van der Waals surface area contributed by atoms with E-state index in [1.807, 2.05) is 36.7 Å². The number of thiophene rings is 1. The van der Waals surface area contributed by atoms with Gasteiger partial charge >= 0.3 is 5.97 Å². The highest BCUT2D eigenvalue weighted by Crippen LogP contribution is 2.39.